The first-order valence-corrected chi connectivity index (χ1v) is 12.2. The van der Waals surface area contributed by atoms with Gasteiger partial charge in [0.05, 0.1) is 5.01 Å². The van der Waals surface area contributed by atoms with Crippen molar-refractivity contribution in [3.05, 3.63) is 59.1 Å². The van der Waals surface area contributed by atoms with Crippen LogP contribution in [0.15, 0.2) is 53.7 Å². The van der Waals surface area contributed by atoms with Gasteiger partial charge in [-0.2, -0.15) is 0 Å². The van der Waals surface area contributed by atoms with Gasteiger partial charge in [-0.3, -0.25) is 0 Å². The Balaban J connectivity index is 1.33. The number of alkyl halides is 3. The van der Waals surface area contributed by atoms with Crippen molar-refractivity contribution in [2.75, 3.05) is 18.1 Å². The van der Waals surface area contributed by atoms with Crippen molar-refractivity contribution in [3.63, 3.8) is 0 Å². The van der Waals surface area contributed by atoms with Gasteiger partial charge in [-0.05, 0) is 54.8 Å². The average molecular weight is 491 g/mol. The lowest BCUT2D eigenvalue weighted by Crippen LogP contribution is -2.16. The molecule has 0 saturated carbocycles. The van der Waals surface area contributed by atoms with E-state index in [9.17, 15) is 13.2 Å². The monoisotopic (exact) mass is 490 g/mol. The second-order valence-corrected chi connectivity index (χ2v) is 9.20. The lowest BCUT2D eigenvalue weighted by atomic mass is 10.0. The molecule has 0 unspecified atom stereocenters. The molecule has 1 N–H and O–H groups in total. The number of nitrogens with zero attached hydrogens (tertiary/aromatic N) is 3. The molecule has 0 spiro atoms. The minimum Gasteiger partial charge on any atom is -0.406 e. The molecule has 2 aromatic carbocycles. The molecule has 0 aliphatic carbocycles. The Morgan fingerprint density at radius 1 is 0.970 bits per heavy atom. The van der Waals surface area contributed by atoms with Crippen molar-refractivity contribution in [2.24, 2.45) is 0 Å². The fourth-order valence-electron chi connectivity index (χ4n) is 3.33. The molecule has 0 bridgehead atoms. The second kappa shape index (κ2) is 9.96. The number of aryl methyl sites for hydroxylation is 2. The summed E-state index contributed by atoms with van der Waals surface area (Å²) < 4.78 is 40.8. The summed E-state index contributed by atoms with van der Waals surface area (Å²) in [6, 6.07) is 13.9. The first kappa shape index (κ1) is 23.3. The molecule has 0 aliphatic rings. The van der Waals surface area contributed by atoms with Gasteiger partial charge in [0.1, 0.15) is 16.1 Å². The molecule has 2 heterocycles. The summed E-state index contributed by atoms with van der Waals surface area (Å²) in [5.74, 6) is 0.538. The molecule has 0 fully saturated rings. The van der Waals surface area contributed by atoms with Crippen LogP contribution in [-0.2, 0) is 6.42 Å². The van der Waals surface area contributed by atoms with Crippen LogP contribution in [0.4, 0.5) is 19.0 Å². The van der Waals surface area contributed by atoms with Gasteiger partial charge in [0.25, 0.3) is 0 Å². The smallest absolute Gasteiger partial charge is 0.406 e. The van der Waals surface area contributed by atoms with Crippen LogP contribution in [0, 0.1) is 6.92 Å². The first-order valence-electron chi connectivity index (χ1n) is 10.2. The Morgan fingerprint density at radius 2 is 1.64 bits per heavy atom. The highest BCUT2D eigenvalue weighted by Crippen LogP contribution is 2.28. The predicted molar refractivity (Wildman–Crippen MR) is 127 cm³/mol. The first-order chi connectivity index (χ1) is 15.8. The van der Waals surface area contributed by atoms with Crippen molar-refractivity contribution >= 4 is 39.3 Å². The van der Waals surface area contributed by atoms with E-state index in [0.717, 1.165) is 56.8 Å². The van der Waals surface area contributed by atoms with Gasteiger partial charge in [-0.1, -0.05) is 59.5 Å². The average Bonchev–Trinajstić information content (AvgIpc) is 3.16. The van der Waals surface area contributed by atoms with E-state index in [-0.39, 0.29) is 5.75 Å². The minimum absolute atomic E-state index is 0.228. The summed E-state index contributed by atoms with van der Waals surface area (Å²) in [4.78, 5) is 14.5. The largest absolute Gasteiger partial charge is 0.573 e. The summed E-state index contributed by atoms with van der Waals surface area (Å²) in [5.41, 5.74) is 3.75. The molecule has 4 rings (SSSR count). The van der Waals surface area contributed by atoms with Gasteiger partial charge in [0.2, 0.25) is 0 Å². The van der Waals surface area contributed by atoms with Gasteiger partial charge in [-0.25, -0.2) is 15.0 Å². The number of nitrogens with one attached hydrogen (secondary N) is 1. The molecule has 33 heavy (non-hydrogen) atoms. The Kier molecular flexibility index (Phi) is 7.04. The number of rotatable bonds is 8. The number of anilines is 1. The van der Waals surface area contributed by atoms with E-state index in [1.807, 2.05) is 37.4 Å². The number of fused-ring (bicyclic) bond motifs is 1. The van der Waals surface area contributed by atoms with Crippen LogP contribution in [0.5, 0.6) is 5.75 Å². The number of ether oxygens (including phenoxy) is 1. The highest BCUT2D eigenvalue weighted by molar-refractivity contribution is 7.98. The molecule has 4 aromatic rings. The van der Waals surface area contributed by atoms with Crippen molar-refractivity contribution in [1.82, 2.24) is 15.0 Å². The summed E-state index contributed by atoms with van der Waals surface area (Å²) in [6.07, 6.45) is -0.946. The standard InChI is InChI=1S/C23H21F3N4OS2/c1-14-28-19-20(29-22(32-2)30-21(19)33-14)27-13-3-4-15-5-7-16(8-6-15)17-9-11-18(12-10-17)31-23(24,25)26/h5-12H,3-4,13H2,1-2H3,(H,27,29,30). The van der Waals surface area contributed by atoms with Crippen LogP contribution in [0.3, 0.4) is 0 Å². The Morgan fingerprint density at radius 3 is 2.27 bits per heavy atom. The zero-order valence-electron chi connectivity index (χ0n) is 17.9. The van der Waals surface area contributed by atoms with Crippen molar-refractivity contribution in [2.45, 2.75) is 31.3 Å². The van der Waals surface area contributed by atoms with E-state index < -0.39 is 6.36 Å². The van der Waals surface area contributed by atoms with Crippen LogP contribution in [-0.4, -0.2) is 34.1 Å². The molecule has 0 amide bonds. The Bertz CT molecular complexity index is 1230. The van der Waals surface area contributed by atoms with Crippen LogP contribution < -0.4 is 10.1 Å². The molecular weight excluding hydrogens is 469 g/mol. The normalized spacial score (nSPS) is 11.7. The van der Waals surface area contributed by atoms with Crippen LogP contribution >= 0.6 is 23.1 Å². The number of benzene rings is 2. The summed E-state index contributed by atoms with van der Waals surface area (Å²) in [5, 5.41) is 5.08. The van der Waals surface area contributed by atoms with Crippen molar-refractivity contribution in [3.8, 4) is 16.9 Å². The molecule has 10 heteroatoms. The van der Waals surface area contributed by atoms with Crippen molar-refractivity contribution in [1.29, 1.82) is 0 Å². The molecular formula is C23H21F3N4OS2. The molecule has 0 saturated heterocycles. The molecule has 0 aliphatic heterocycles. The van der Waals surface area contributed by atoms with Crippen LogP contribution in [0.25, 0.3) is 21.5 Å². The molecule has 2 aromatic heterocycles. The van der Waals surface area contributed by atoms with Crippen LogP contribution in [0.1, 0.15) is 17.0 Å². The van der Waals surface area contributed by atoms with Gasteiger partial charge < -0.3 is 10.1 Å². The van der Waals surface area contributed by atoms with E-state index in [1.54, 1.807) is 23.5 Å². The maximum absolute atomic E-state index is 12.3. The third-order valence-corrected chi connectivity index (χ3v) is 6.25. The highest BCUT2D eigenvalue weighted by atomic mass is 32.2. The lowest BCUT2D eigenvalue weighted by molar-refractivity contribution is -0.274. The van der Waals surface area contributed by atoms with Gasteiger partial charge in [0.15, 0.2) is 11.0 Å². The summed E-state index contributed by atoms with van der Waals surface area (Å²) >= 11 is 3.07. The number of aromatic nitrogens is 3. The van der Waals surface area contributed by atoms with E-state index in [1.165, 1.54) is 29.5 Å². The summed E-state index contributed by atoms with van der Waals surface area (Å²) in [7, 11) is 0. The predicted octanol–water partition coefficient (Wildman–Crippen LogP) is 6.73. The Hall–Kier alpha value is -2.85. The number of thiazole rings is 1. The zero-order valence-corrected chi connectivity index (χ0v) is 19.6. The van der Waals surface area contributed by atoms with Gasteiger partial charge in [0, 0.05) is 6.54 Å². The third-order valence-electron chi connectivity index (χ3n) is 4.84. The van der Waals surface area contributed by atoms with Gasteiger partial charge in [-0.15, -0.1) is 13.2 Å². The van der Waals surface area contributed by atoms with E-state index >= 15 is 0 Å². The number of thioether (sulfide) groups is 1. The van der Waals surface area contributed by atoms with Crippen molar-refractivity contribution < 1.29 is 17.9 Å². The number of hydrogen-bond acceptors (Lipinski definition) is 7. The molecule has 0 atom stereocenters. The zero-order chi connectivity index (χ0) is 23.4. The van der Waals surface area contributed by atoms with E-state index in [0.29, 0.717) is 0 Å². The highest BCUT2D eigenvalue weighted by Gasteiger charge is 2.30. The quantitative estimate of drug-likeness (QED) is 0.168. The minimum atomic E-state index is -4.69. The Labute approximate surface area is 197 Å². The fourth-order valence-corrected chi connectivity index (χ4v) is 4.54. The lowest BCUT2D eigenvalue weighted by Gasteiger charge is -2.10. The maximum atomic E-state index is 12.3. The molecule has 0 radical (unpaired) electrons. The third kappa shape index (κ3) is 6.14. The maximum Gasteiger partial charge on any atom is 0.573 e. The SMILES string of the molecule is CSc1nc(NCCCc2ccc(-c3ccc(OC(F)(F)F)cc3)cc2)c2nc(C)sc2n1. The number of halogens is 3. The molecule has 172 valence electrons. The fraction of sp³-hybridized carbons (Fsp3) is 0.261. The topological polar surface area (TPSA) is 59.9 Å². The summed E-state index contributed by atoms with van der Waals surface area (Å²) in [6.45, 7) is 2.71. The van der Waals surface area contributed by atoms with E-state index in [4.69, 9.17) is 0 Å². The number of hydrogen-bond donors (Lipinski definition) is 1. The van der Waals surface area contributed by atoms with Crippen LogP contribution in [0.2, 0.25) is 0 Å². The van der Waals surface area contributed by atoms with E-state index in [2.05, 4.69) is 25.0 Å². The second-order valence-electron chi connectivity index (χ2n) is 7.24. The molecule has 5 nitrogen and oxygen atoms in total. The van der Waals surface area contributed by atoms with Gasteiger partial charge >= 0.3 is 6.36 Å².